The van der Waals surface area contributed by atoms with Crippen LogP contribution in [0.4, 0.5) is 4.79 Å². The molecule has 4 aliphatic rings. The first-order valence-corrected chi connectivity index (χ1v) is 11.6. The van der Waals surface area contributed by atoms with Gasteiger partial charge in [0.15, 0.2) is 6.23 Å². The molecule has 4 fully saturated rings. The second-order valence-electron chi connectivity index (χ2n) is 9.19. The standard InChI is InChI=1S/C21H37N5O4/c1-17-20(25-14-9-22(10-15-25)6-2-3-19(27)28)30-21(29)26(17)16-11-23-7-12-24(13-8-23)18-4-5-18/h17-18,20H,2-16H2,1H3,(H,27,28). The van der Waals surface area contributed by atoms with E-state index < -0.39 is 5.97 Å². The molecule has 0 spiro atoms. The lowest BCUT2D eigenvalue weighted by atomic mass is 10.2. The van der Waals surface area contributed by atoms with E-state index in [9.17, 15) is 9.59 Å². The van der Waals surface area contributed by atoms with Crippen molar-refractivity contribution in [3.63, 3.8) is 0 Å². The Balaban J connectivity index is 1.17. The van der Waals surface area contributed by atoms with Crippen LogP contribution in [-0.2, 0) is 9.53 Å². The summed E-state index contributed by atoms with van der Waals surface area (Å²) in [4.78, 5) is 34.8. The summed E-state index contributed by atoms with van der Waals surface area (Å²) in [6.07, 6.45) is 3.29. The van der Waals surface area contributed by atoms with E-state index in [1.807, 2.05) is 4.90 Å². The van der Waals surface area contributed by atoms with E-state index in [2.05, 4.69) is 26.5 Å². The van der Waals surface area contributed by atoms with Crippen molar-refractivity contribution in [2.75, 3.05) is 72.0 Å². The highest BCUT2D eigenvalue weighted by Crippen LogP contribution is 2.27. The van der Waals surface area contributed by atoms with Crippen LogP contribution in [0.3, 0.4) is 0 Å². The topological polar surface area (TPSA) is 79.8 Å². The third kappa shape index (κ3) is 5.43. The van der Waals surface area contributed by atoms with Crippen LogP contribution in [0.5, 0.6) is 0 Å². The maximum absolute atomic E-state index is 12.5. The summed E-state index contributed by atoms with van der Waals surface area (Å²) in [5.74, 6) is -0.731. The average Bonchev–Trinajstić information content (AvgIpc) is 3.54. The van der Waals surface area contributed by atoms with Gasteiger partial charge in [-0.2, -0.15) is 0 Å². The number of cyclic esters (lactones) is 1. The lowest BCUT2D eigenvalue weighted by Crippen LogP contribution is -2.54. The summed E-state index contributed by atoms with van der Waals surface area (Å²) in [6.45, 7) is 12.6. The van der Waals surface area contributed by atoms with E-state index >= 15 is 0 Å². The first kappa shape index (κ1) is 21.8. The minimum atomic E-state index is -0.731. The van der Waals surface area contributed by atoms with E-state index in [4.69, 9.17) is 9.84 Å². The highest BCUT2D eigenvalue weighted by Gasteiger charge is 2.42. The molecule has 30 heavy (non-hydrogen) atoms. The summed E-state index contributed by atoms with van der Waals surface area (Å²) < 4.78 is 5.76. The van der Waals surface area contributed by atoms with Crippen LogP contribution in [0.25, 0.3) is 0 Å². The Kier molecular flexibility index (Phi) is 7.12. The number of amides is 1. The van der Waals surface area contributed by atoms with Crippen LogP contribution in [0.15, 0.2) is 0 Å². The number of nitrogens with zero attached hydrogens (tertiary/aromatic N) is 5. The zero-order chi connectivity index (χ0) is 21.1. The number of hydrogen-bond donors (Lipinski definition) is 1. The first-order chi connectivity index (χ1) is 14.5. The number of carboxylic acids is 1. The van der Waals surface area contributed by atoms with Crippen molar-refractivity contribution >= 4 is 12.1 Å². The second kappa shape index (κ2) is 9.80. The zero-order valence-electron chi connectivity index (χ0n) is 18.2. The Hall–Kier alpha value is -1.42. The van der Waals surface area contributed by atoms with Gasteiger partial charge in [-0.05, 0) is 32.7 Å². The van der Waals surface area contributed by atoms with Crippen LogP contribution in [0.1, 0.15) is 32.6 Å². The van der Waals surface area contributed by atoms with Crippen LogP contribution in [0, 0.1) is 0 Å². The van der Waals surface area contributed by atoms with Gasteiger partial charge < -0.3 is 14.7 Å². The van der Waals surface area contributed by atoms with Gasteiger partial charge in [-0.15, -0.1) is 0 Å². The summed E-state index contributed by atoms with van der Waals surface area (Å²) in [6, 6.07) is 0.906. The van der Waals surface area contributed by atoms with Crippen molar-refractivity contribution in [3.05, 3.63) is 0 Å². The maximum atomic E-state index is 12.5. The van der Waals surface area contributed by atoms with E-state index in [0.29, 0.717) is 6.42 Å². The quantitative estimate of drug-likeness (QED) is 0.572. The number of rotatable bonds is 9. The fourth-order valence-corrected chi connectivity index (χ4v) is 5.00. The molecule has 9 nitrogen and oxygen atoms in total. The summed E-state index contributed by atoms with van der Waals surface area (Å²) in [5.41, 5.74) is 0. The smallest absolute Gasteiger partial charge is 0.411 e. The van der Waals surface area contributed by atoms with Crippen LogP contribution < -0.4 is 0 Å². The van der Waals surface area contributed by atoms with Gasteiger partial charge in [0, 0.05) is 77.9 Å². The van der Waals surface area contributed by atoms with E-state index in [1.54, 1.807) is 0 Å². The van der Waals surface area contributed by atoms with Gasteiger partial charge >= 0.3 is 12.1 Å². The van der Waals surface area contributed by atoms with Crippen molar-refractivity contribution in [1.29, 1.82) is 0 Å². The highest BCUT2D eigenvalue weighted by molar-refractivity contribution is 5.70. The molecule has 2 unspecified atom stereocenters. The number of ether oxygens (including phenoxy) is 1. The van der Waals surface area contributed by atoms with Gasteiger partial charge in [-0.3, -0.25) is 24.4 Å². The Morgan fingerprint density at radius 2 is 1.53 bits per heavy atom. The molecule has 1 amide bonds. The molecule has 4 rings (SSSR count). The van der Waals surface area contributed by atoms with Crippen molar-refractivity contribution < 1.29 is 19.4 Å². The van der Waals surface area contributed by atoms with Crippen molar-refractivity contribution in [1.82, 2.24) is 24.5 Å². The molecule has 2 atom stereocenters. The summed E-state index contributed by atoms with van der Waals surface area (Å²) in [5, 5.41) is 8.79. The van der Waals surface area contributed by atoms with Gasteiger partial charge in [0.25, 0.3) is 0 Å². The van der Waals surface area contributed by atoms with Crippen molar-refractivity contribution in [2.24, 2.45) is 0 Å². The van der Waals surface area contributed by atoms with Crippen molar-refractivity contribution in [2.45, 2.75) is 50.9 Å². The van der Waals surface area contributed by atoms with E-state index in [0.717, 1.165) is 78.0 Å². The van der Waals surface area contributed by atoms with E-state index in [1.165, 1.54) is 12.8 Å². The largest absolute Gasteiger partial charge is 0.481 e. The Morgan fingerprint density at radius 3 is 2.13 bits per heavy atom. The number of hydrogen-bond acceptors (Lipinski definition) is 7. The SMILES string of the molecule is CC1C(N2CCN(CCCC(=O)O)CC2)OC(=O)N1CCN1CCN(C2CC2)CC1. The molecule has 0 bridgehead atoms. The predicted octanol–water partition coefficient (Wildman–Crippen LogP) is 0.416. The highest BCUT2D eigenvalue weighted by atomic mass is 16.6. The molecule has 3 aliphatic heterocycles. The lowest BCUT2D eigenvalue weighted by Gasteiger charge is -2.38. The molecular weight excluding hydrogens is 386 g/mol. The number of carbonyl (C=O) groups excluding carboxylic acids is 1. The molecule has 0 aromatic rings. The van der Waals surface area contributed by atoms with Crippen LogP contribution in [-0.4, -0.2) is 132 Å². The van der Waals surface area contributed by atoms with E-state index in [-0.39, 0.29) is 24.8 Å². The molecule has 3 heterocycles. The molecule has 170 valence electrons. The van der Waals surface area contributed by atoms with Gasteiger partial charge in [-0.1, -0.05) is 0 Å². The monoisotopic (exact) mass is 423 g/mol. The van der Waals surface area contributed by atoms with Gasteiger partial charge in [0.05, 0.1) is 6.04 Å². The van der Waals surface area contributed by atoms with Crippen LogP contribution >= 0.6 is 0 Å². The summed E-state index contributed by atoms with van der Waals surface area (Å²) in [7, 11) is 0. The second-order valence-corrected chi connectivity index (χ2v) is 9.19. The maximum Gasteiger partial charge on any atom is 0.411 e. The van der Waals surface area contributed by atoms with Gasteiger partial charge in [0.1, 0.15) is 0 Å². The third-order valence-corrected chi connectivity index (χ3v) is 7.12. The Morgan fingerprint density at radius 1 is 0.933 bits per heavy atom. The predicted molar refractivity (Wildman–Crippen MR) is 112 cm³/mol. The molecule has 0 aromatic carbocycles. The summed E-state index contributed by atoms with van der Waals surface area (Å²) >= 11 is 0. The Labute approximate surface area is 179 Å². The fraction of sp³-hybridized carbons (Fsp3) is 0.905. The normalized spacial score (nSPS) is 30.0. The lowest BCUT2D eigenvalue weighted by molar-refractivity contribution is -0.137. The molecule has 9 heteroatoms. The minimum Gasteiger partial charge on any atom is -0.481 e. The first-order valence-electron chi connectivity index (χ1n) is 11.6. The molecular formula is C21H37N5O4. The number of carboxylic acid groups (broad SMARTS) is 1. The number of piperazine rings is 2. The average molecular weight is 424 g/mol. The number of carbonyl (C=O) groups is 2. The molecule has 1 aliphatic carbocycles. The van der Waals surface area contributed by atoms with Crippen LogP contribution in [0.2, 0.25) is 0 Å². The third-order valence-electron chi connectivity index (χ3n) is 7.12. The van der Waals surface area contributed by atoms with Gasteiger partial charge in [-0.25, -0.2) is 4.79 Å². The molecule has 1 N–H and O–H groups in total. The van der Waals surface area contributed by atoms with Crippen molar-refractivity contribution in [3.8, 4) is 0 Å². The van der Waals surface area contributed by atoms with Gasteiger partial charge in [0.2, 0.25) is 0 Å². The zero-order valence-corrected chi connectivity index (χ0v) is 18.2. The Bertz CT molecular complexity index is 600. The fourth-order valence-electron chi connectivity index (χ4n) is 5.00. The molecule has 0 radical (unpaired) electrons. The molecule has 1 saturated carbocycles. The molecule has 0 aromatic heterocycles. The number of aliphatic carboxylic acids is 1. The minimum absolute atomic E-state index is 0.0591. The molecule has 3 saturated heterocycles.